The van der Waals surface area contributed by atoms with E-state index in [2.05, 4.69) is 5.32 Å². The smallest absolute Gasteiger partial charge is 0.264 e. The quantitative estimate of drug-likeness (QED) is 0.316. The Bertz CT molecular complexity index is 1460. The van der Waals surface area contributed by atoms with Crippen LogP contribution >= 0.6 is 11.6 Å². The molecule has 0 radical (unpaired) electrons. The van der Waals surface area contributed by atoms with Gasteiger partial charge in [-0.25, -0.2) is 8.42 Å². The zero-order chi connectivity index (χ0) is 29.6. The molecule has 0 unspecified atom stereocenters. The minimum absolute atomic E-state index is 0.0632. The average molecular weight is 584 g/mol. The van der Waals surface area contributed by atoms with Gasteiger partial charge in [0.25, 0.3) is 10.0 Å². The monoisotopic (exact) mass is 583 g/mol. The minimum atomic E-state index is -4.14. The van der Waals surface area contributed by atoms with Crippen molar-refractivity contribution >= 4 is 39.1 Å². The highest BCUT2D eigenvalue weighted by atomic mass is 35.5. The molecule has 214 valence electrons. The van der Waals surface area contributed by atoms with Gasteiger partial charge in [0.05, 0.1) is 10.6 Å². The molecule has 2 amide bonds. The number of anilines is 1. The second kappa shape index (κ2) is 13.3. The third-order valence-corrected chi connectivity index (χ3v) is 8.61. The molecule has 0 aliphatic heterocycles. The standard InChI is InChI=1S/C31H38ClN3O4S/c1-21(2)18-33-31(37)25(6)34(19-26-9-7-8-23(4)16-26)30(36)20-35(29-15-12-27(32)17-24(29)5)40(38,39)28-13-10-22(3)11-14-28/h7-17,21,25H,18-20H2,1-6H3,(H,33,37)/t25-/m1/s1. The van der Waals surface area contributed by atoms with Gasteiger partial charge in [-0.05, 0) is 75.1 Å². The first-order valence-electron chi connectivity index (χ1n) is 13.3. The van der Waals surface area contributed by atoms with E-state index in [-0.39, 0.29) is 23.3 Å². The minimum Gasteiger partial charge on any atom is -0.354 e. The van der Waals surface area contributed by atoms with E-state index < -0.39 is 28.5 Å². The molecule has 0 aromatic heterocycles. The third-order valence-electron chi connectivity index (χ3n) is 6.60. The molecule has 0 aliphatic rings. The summed E-state index contributed by atoms with van der Waals surface area (Å²) in [5.74, 6) is -0.566. The fourth-order valence-electron chi connectivity index (χ4n) is 4.29. The summed E-state index contributed by atoms with van der Waals surface area (Å²) in [7, 11) is -4.14. The summed E-state index contributed by atoms with van der Waals surface area (Å²) in [5, 5.41) is 3.35. The van der Waals surface area contributed by atoms with E-state index in [4.69, 9.17) is 11.6 Å². The Morgan fingerprint density at radius 2 is 1.57 bits per heavy atom. The predicted molar refractivity (Wildman–Crippen MR) is 161 cm³/mol. The highest BCUT2D eigenvalue weighted by Crippen LogP contribution is 2.29. The summed E-state index contributed by atoms with van der Waals surface area (Å²) in [5.41, 5.74) is 3.71. The van der Waals surface area contributed by atoms with E-state index in [0.29, 0.717) is 22.8 Å². The van der Waals surface area contributed by atoms with Crippen LogP contribution in [0, 0.1) is 26.7 Å². The third kappa shape index (κ3) is 7.86. The summed E-state index contributed by atoms with van der Waals surface area (Å²) in [4.78, 5) is 28.6. The molecular formula is C31H38ClN3O4S. The maximum atomic E-state index is 14.0. The lowest BCUT2D eigenvalue weighted by atomic mass is 10.1. The maximum Gasteiger partial charge on any atom is 0.264 e. The lowest BCUT2D eigenvalue weighted by Gasteiger charge is -2.32. The number of hydrogen-bond acceptors (Lipinski definition) is 4. The first-order chi connectivity index (χ1) is 18.8. The number of aryl methyl sites for hydroxylation is 3. The summed E-state index contributed by atoms with van der Waals surface area (Å²) in [6.07, 6.45) is 0. The highest BCUT2D eigenvalue weighted by Gasteiger charge is 2.33. The van der Waals surface area contributed by atoms with E-state index >= 15 is 0 Å². The fraction of sp³-hybridized carbons (Fsp3) is 0.355. The van der Waals surface area contributed by atoms with Crippen LogP contribution in [0.1, 0.15) is 43.0 Å². The summed E-state index contributed by atoms with van der Waals surface area (Å²) in [6.45, 7) is 11.3. The van der Waals surface area contributed by atoms with Crippen LogP contribution < -0.4 is 9.62 Å². The average Bonchev–Trinajstić information content (AvgIpc) is 2.89. The van der Waals surface area contributed by atoms with Gasteiger partial charge in [0.2, 0.25) is 11.8 Å². The topological polar surface area (TPSA) is 86.8 Å². The van der Waals surface area contributed by atoms with Crippen molar-refractivity contribution in [3.63, 3.8) is 0 Å². The normalized spacial score (nSPS) is 12.2. The van der Waals surface area contributed by atoms with Crippen molar-refractivity contribution in [1.29, 1.82) is 0 Å². The van der Waals surface area contributed by atoms with Gasteiger partial charge in [-0.3, -0.25) is 13.9 Å². The molecule has 0 fully saturated rings. The Balaban J connectivity index is 2.05. The van der Waals surface area contributed by atoms with Gasteiger partial charge >= 0.3 is 0 Å². The van der Waals surface area contributed by atoms with Crippen molar-refractivity contribution in [2.75, 3.05) is 17.4 Å². The van der Waals surface area contributed by atoms with E-state index in [1.165, 1.54) is 17.0 Å². The van der Waals surface area contributed by atoms with Crippen molar-refractivity contribution in [3.8, 4) is 0 Å². The van der Waals surface area contributed by atoms with E-state index in [1.807, 2.05) is 52.0 Å². The Morgan fingerprint density at radius 1 is 0.900 bits per heavy atom. The Morgan fingerprint density at radius 3 is 2.17 bits per heavy atom. The van der Waals surface area contributed by atoms with E-state index in [0.717, 1.165) is 21.0 Å². The number of nitrogens with zero attached hydrogens (tertiary/aromatic N) is 2. The first kappa shape index (κ1) is 31.2. The fourth-order valence-corrected chi connectivity index (χ4v) is 6.00. The summed E-state index contributed by atoms with van der Waals surface area (Å²) in [6, 6.07) is 18.2. The number of halogens is 1. The van der Waals surface area contributed by atoms with Gasteiger partial charge in [-0.15, -0.1) is 0 Å². The summed E-state index contributed by atoms with van der Waals surface area (Å²) < 4.78 is 29.0. The van der Waals surface area contributed by atoms with Crippen molar-refractivity contribution < 1.29 is 18.0 Å². The number of rotatable bonds is 11. The number of hydrogen-bond donors (Lipinski definition) is 1. The van der Waals surface area contributed by atoms with Crippen LogP contribution in [0.2, 0.25) is 5.02 Å². The summed E-state index contributed by atoms with van der Waals surface area (Å²) >= 11 is 6.17. The SMILES string of the molecule is Cc1ccc(S(=O)(=O)N(CC(=O)N(Cc2cccc(C)c2)[C@H](C)C(=O)NCC(C)C)c2ccc(Cl)cc2C)cc1. The number of benzene rings is 3. The van der Waals surface area contributed by atoms with Gasteiger partial charge in [-0.1, -0.05) is 73.0 Å². The van der Waals surface area contributed by atoms with Gasteiger partial charge in [0.15, 0.2) is 0 Å². The highest BCUT2D eigenvalue weighted by molar-refractivity contribution is 7.92. The van der Waals surface area contributed by atoms with Gasteiger partial charge in [0, 0.05) is 18.1 Å². The van der Waals surface area contributed by atoms with Crippen molar-refractivity contribution in [1.82, 2.24) is 10.2 Å². The zero-order valence-electron chi connectivity index (χ0n) is 23.9. The van der Waals surface area contributed by atoms with Crippen molar-refractivity contribution in [2.45, 2.75) is 59.0 Å². The predicted octanol–water partition coefficient (Wildman–Crippen LogP) is 5.65. The number of nitrogens with one attached hydrogen (secondary N) is 1. The lowest BCUT2D eigenvalue weighted by Crippen LogP contribution is -2.51. The van der Waals surface area contributed by atoms with Crippen LogP contribution in [0.25, 0.3) is 0 Å². The van der Waals surface area contributed by atoms with Crippen LogP contribution in [0.15, 0.2) is 71.6 Å². The molecule has 3 rings (SSSR count). The van der Waals surface area contributed by atoms with Crippen molar-refractivity contribution in [3.05, 3.63) is 94.0 Å². The van der Waals surface area contributed by atoms with Crippen LogP contribution in [0.4, 0.5) is 5.69 Å². The number of sulfonamides is 1. The Hall–Kier alpha value is -3.36. The Kier molecular flexibility index (Phi) is 10.4. The molecule has 9 heteroatoms. The van der Waals surface area contributed by atoms with Crippen LogP contribution in [-0.4, -0.2) is 44.3 Å². The zero-order valence-corrected chi connectivity index (χ0v) is 25.5. The first-order valence-corrected chi connectivity index (χ1v) is 15.1. The molecule has 0 aliphatic carbocycles. The molecule has 1 N–H and O–H groups in total. The molecule has 0 heterocycles. The van der Waals surface area contributed by atoms with E-state index in [1.54, 1.807) is 44.2 Å². The van der Waals surface area contributed by atoms with Crippen LogP contribution in [-0.2, 0) is 26.2 Å². The molecule has 0 saturated heterocycles. The molecule has 3 aromatic carbocycles. The molecule has 3 aromatic rings. The second-order valence-corrected chi connectivity index (χ2v) is 12.9. The lowest BCUT2D eigenvalue weighted by molar-refractivity contribution is -0.139. The molecule has 0 bridgehead atoms. The molecular weight excluding hydrogens is 546 g/mol. The molecule has 0 spiro atoms. The molecule has 0 saturated carbocycles. The van der Waals surface area contributed by atoms with Crippen molar-refractivity contribution in [2.24, 2.45) is 5.92 Å². The molecule has 7 nitrogen and oxygen atoms in total. The number of carbonyl (C=O) groups is 2. The number of carbonyl (C=O) groups excluding carboxylic acids is 2. The van der Waals surface area contributed by atoms with Crippen LogP contribution in [0.3, 0.4) is 0 Å². The largest absolute Gasteiger partial charge is 0.354 e. The maximum absolute atomic E-state index is 14.0. The van der Waals surface area contributed by atoms with Gasteiger partial charge < -0.3 is 10.2 Å². The van der Waals surface area contributed by atoms with E-state index in [9.17, 15) is 18.0 Å². The van der Waals surface area contributed by atoms with Crippen LogP contribution in [0.5, 0.6) is 0 Å². The molecule has 1 atom stereocenters. The molecule has 40 heavy (non-hydrogen) atoms. The number of amides is 2. The Labute approximate surface area is 243 Å². The second-order valence-electron chi connectivity index (χ2n) is 10.6. The van der Waals surface area contributed by atoms with Gasteiger partial charge in [-0.2, -0.15) is 0 Å². The van der Waals surface area contributed by atoms with Gasteiger partial charge in [0.1, 0.15) is 12.6 Å².